The molecule has 136 valence electrons. The molecule has 0 spiro atoms. The third-order valence-electron chi connectivity index (χ3n) is 5.11. The zero-order chi connectivity index (χ0) is 17.7. The van der Waals surface area contributed by atoms with E-state index in [0.717, 1.165) is 6.16 Å². The van der Waals surface area contributed by atoms with Gasteiger partial charge >= 0.3 is 156 Å². The second-order valence-electron chi connectivity index (χ2n) is 6.67. The van der Waals surface area contributed by atoms with Crippen LogP contribution in [0.1, 0.15) is 5.56 Å². The summed E-state index contributed by atoms with van der Waals surface area (Å²) in [5.41, 5.74) is 1.40. The second kappa shape index (κ2) is 9.30. The van der Waals surface area contributed by atoms with Gasteiger partial charge in [0.15, 0.2) is 0 Å². The Kier molecular flexibility index (Phi) is 6.82. The maximum absolute atomic E-state index is 2.31. The number of hydrogen-bond acceptors (Lipinski definition) is 0. The van der Waals surface area contributed by atoms with Crippen LogP contribution in [0.25, 0.3) is 0 Å². The first kappa shape index (κ1) is 19.8. The molecule has 4 rings (SSSR count). The quantitative estimate of drug-likeness (QED) is 0.259. The van der Waals surface area contributed by atoms with Gasteiger partial charge in [0.2, 0.25) is 0 Å². The summed E-state index contributed by atoms with van der Waals surface area (Å²) in [6.07, 6.45) is 1.06. The molecule has 4 aromatic carbocycles. The summed E-state index contributed by atoms with van der Waals surface area (Å²) in [6.45, 7) is 0. The molecule has 0 saturated heterocycles. The fourth-order valence-corrected chi connectivity index (χ4v) is 8.62. The van der Waals surface area contributed by atoms with Gasteiger partial charge in [0.25, 0.3) is 0 Å². The first-order valence-corrected chi connectivity index (χ1v) is 11.3. The molecule has 0 N–H and O–H groups in total. The van der Waals surface area contributed by atoms with E-state index in [9.17, 15) is 0 Å². The normalized spacial score (nSPS) is 11.4. The average molecular weight is 482 g/mol. The van der Waals surface area contributed by atoms with Gasteiger partial charge in [-0.3, -0.25) is 0 Å². The Balaban J connectivity index is 0.00000210. The molecule has 2 heteroatoms. The topological polar surface area (TPSA) is 0 Å². The molecular formula is C25H24IP. The Labute approximate surface area is 179 Å². The van der Waals surface area contributed by atoms with Gasteiger partial charge in [-0.2, -0.15) is 0 Å². The van der Waals surface area contributed by atoms with Gasteiger partial charge in [-0.05, 0) is 0 Å². The Morgan fingerprint density at radius 1 is 0.407 bits per heavy atom. The van der Waals surface area contributed by atoms with Crippen molar-refractivity contribution in [3.8, 4) is 0 Å². The zero-order valence-corrected chi connectivity index (χ0v) is 18.5. The molecule has 0 aliphatic rings. The van der Waals surface area contributed by atoms with E-state index >= 15 is 0 Å². The molecule has 27 heavy (non-hydrogen) atoms. The van der Waals surface area contributed by atoms with E-state index in [1.807, 2.05) is 0 Å². The Morgan fingerprint density at radius 3 is 1.04 bits per heavy atom. The summed E-state index contributed by atoms with van der Waals surface area (Å²) in [7, 11) is -2.16. The van der Waals surface area contributed by atoms with E-state index in [2.05, 4.69) is 121 Å². The van der Waals surface area contributed by atoms with Crippen molar-refractivity contribution in [1.29, 1.82) is 0 Å². The number of hydrogen-bond donors (Lipinski definition) is 0. The van der Waals surface area contributed by atoms with Crippen molar-refractivity contribution in [3.05, 3.63) is 127 Å². The van der Waals surface area contributed by atoms with E-state index in [1.165, 1.54) is 21.5 Å². The van der Waals surface area contributed by atoms with Crippen molar-refractivity contribution in [2.45, 2.75) is 6.16 Å². The van der Waals surface area contributed by atoms with Gasteiger partial charge in [-0.15, -0.1) is 24.0 Å². The Morgan fingerprint density at radius 2 is 0.704 bits per heavy atom. The van der Waals surface area contributed by atoms with Gasteiger partial charge in [-0.1, -0.05) is 0 Å². The van der Waals surface area contributed by atoms with Gasteiger partial charge in [0.1, 0.15) is 0 Å². The standard InChI is InChI=1S/C25H23P.HI/c1-5-13-22(14-6-1)21-26(23-15-7-2-8-16-23,24-17-9-3-10-18-24)25-19-11-4-12-20-25;/h1-20,26H,21H2;1H. The summed E-state index contributed by atoms with van der Waals surface area (Å²) in [5, 5.41) is 4.38. The fourth-order valence-electron chi connectivity index (χ4n) is 3.88. The van der Waals surface area contributed by atoms with Crippen LogP contribution in [0.2, 0.25) is 0 Å². The molecule has 0 atom stereocenters. The van der Waals surface area contributed by atoms with Crippen LogP contribution < -0.4 is 15.9 Å². The van der Waals surface area contributed by atoms with Crippen LogP contribution in [-0.2, 0) is 6.16 Å². The Bertz CT molecular complexity index is 842. The summed E-state index contributed by atoms with van der Waals surface area (Å²) in [4.78, 5) is 0. The molecule has 0 amide bonds. The molecule has 0 saturated carbocycles. The van der Waals surface area contributed by atoms with E-state index < -0.39 is 7.26 Å². The third-order valence-corrected chi connectivity index (χ3v) is 10.0. The van der Waals surface area contributed by atoms with Crippen molar-refractivity contribution >= 4 is 47.2 Å². The summed E-state index contributed by atoms with van der Waals surface area (Å²) >= 11 is 0. The minimum absolute atomic E-state index is 0. The van der Waals surface area contributed by atoms with E-state index in [1.54, 1.807) is 0 Å². The van der Waals surface area contributed by atoms with Crippen LogP contribution in [0.15, 0.2) is 121 Å². The average Bonchev–Trinajstić information content (AvgIpc) is 2.75. The van der Waals surface area contributed by atoms with Gasteiger partial charge in [-0.25, -0.2) is 0 Å². The molecule has 0 heterocycles. The summed E-state index contributed by atoms with van der Waals surface area (Å²) < 4.78 is 0. The molecule has 0 nitrogen and oxygen atoms in total. The van der Waals surface area contributed by atoms with Gasteiger partial charge in [0.05, 0.1) is 0 Å². The van der Waals surface area contributed by atoms with E-state index in [4.69, 9.17) is 0 Å². The van der Waals surface area contributed by atoms with Gasteiger partial charge in [0, 0.05) is 0 Å². The van der Waals surface area contributed by atoms with Crippen LogP contribution in [0.5, 0.6) is 0 Å². The monoisotopic (exact) mass is 482 g/mol. The van der Waals surface area contributed by atoms with Crippen molar-refractivity contribution in [1.82, 2.24) is 0 Å². The molecule has 4 aromatic rings. The van der Waals surface area contributed by atoms with Crippen molar-refractivity contribution in [2.75, 3.05) is 0 Å². The second-order valence-corrected chi connectivity index (χ2v) is 10.6. The van der Waals surface area contributed by atoms with Crippen LogP contribution in [-0.4, -0.2) is 0 Å². The molecule has 0 fully saturated rings. The number of rotatable bonds is 5. The first-order chi connectivity index (χ1) is 12.9. The van der Waals surface area contributed by atoms with Crippen LogP contribution in [0, 0.1) is 0 Å². The van der Waals surface area contributed by atoms with Crippen molar-refractivity contribution < 1.29 is 0 Å². The predicted octanol–water partition coefficient (Wildman–Crippen LogP) is 5.53. The molecular weight excluding hydrogens is 458 g/mol. The van der Waals surface area contributed by atoms with Crippen LogP contribution in [0.4, 0.5) is 0 Å². The van der Waals surface area contributed by atoms with Crippen LogP contribution in [0.3, 0.4) is 0 Å². The molecule has 0 aliphatic carbocycles. The van der Waals surface area contributed by atoms with Crippen molar-refractivity contribution in [2.24, 2.45) is 0 Å². The van der Waals surface area contributed by atoms with Crippen molar-refractivity contribution in [3.63, 3.8) is 0 Å². The molecule has 0 aromatic heterocycles. The number of benzene rings is 4. The minimum atomic E-state index is -2.16. The summed E-state index contributed by atoms with van der Waals surface area (Å²) in [6, 6.07) is 44.2. The fraction of sp³-hybridized carbons (Fsp3) is 0.0400. The first-order valence-electron chi connectivity index (χ1n) is 9.10. The molecule has 0 unspecified atom stereocenters. The van der Waals surface area contributed by atoms with Gasteiger partial charge < -0.3 is 0 Å². The molecule has 0 radical (unpaired) electrons. The SMILES string of the molecule is I.c1ccc(C[PH](c2ccccc2)(c2ccccc2)c2ccccc2)cc1. The third kappa shape index (κ3) is 4.15. The Hall–Kier alpha value is -1.96. The summed E-state index contributed by atoms with van der Waals surface area (Å²) in [5.74, 6) is 0. The number of halogens is 1. The van der Waals surface area contributed by atoms with Crippen LogP contribution >= 0.6 is 31.2 Å². The van der Waals surface area contributed by atoms with E-state index in [0.29, 0.717) is 0 Å². The predicted molar refractivity (Wildman–Crippen MR) is 132 cm³/mol. The molecule has 0 aliphatic heterocycles. The zero-order valence-electron chi connectivity index (χ0n) is 15.2. The van der Waals surface area contributed by atoms with E-state index in [-0.39, 0.29) is 24.0 Å². The maximum atomic E-state index is 2.31. The molecule has 0 bridgehead atoms.